The first-order valence-corrected chi connectivity index (χ1v) is 6.74. The average Bonchev–Trinajstić information content (AvgIpc) is 2.13. The molecule has 0 spiro atoms. The predicted octanol–water partition coefficient (Wildman–Crippen LogP) is 4.42. The quantitative estimate of drug-likeness (QED) is 0.817. The summed E-state index contributed by atoms with van der Waals surface area (Å²) < 4.78 is 0. The molecule has 1 unspecified atom stereocenters. The Bertz CT molecular complexity index is 354. The zero-order valence-electron chi connectivity index (χ0n) is 11.2. The molecule has 2 rings (SSSR count). The van der Waals surface area contributed by atoms with E-state index < -0.39 is 0 Å². The molecule has 1 aliphatic carbocycles. The molecule has 94 valence electrons. The fourth-order valence-corrected chi connectivity index (χ4v) is 2.43. The van der Waals surface area contributed by atoms with Crippen LogP contribution in [0.2, 0.25) is 0 Å². The molecule has 0 aliphatic heterocycles. The van der Waals surface area contributed by atoms with E-state index in [4.69, 9.17) is 0 Å². The first-order chi connectivity index (χ1) is 7.96. The van der Waals surface area contributed by atoms with Crippen molar-refractivity contribution >= 4 is 0 Å². The molecule has 1 heteroatoms. The molecule has 1 N–H and O–H groups in total. The Balaban J connectivity index is 2.01. The van der Waals surface area contributed by atoms with E-state index in [-0.39, 0.29) is 11.5 Å². The van der Waals surface area contributed by atoms with Crippen LogP contribution in [0.1, 0.15) is 69.6 Å². The number of hydrogen-bond donors (Lipinski definition) is 1. The highest BCUT2D eigenvalue weighted by Gasteiger charge is 2.21. The third-order valence-corrected chi connectivity index (χ3v) is 3.70. The minimum Gasteiger partial charge on any atom is -0.388 e. The number of benzene rings is 1. The number of hydrogen-bond acceptors (Lipinski definition) is 1. The molecule has 1 aliphatic rings. The van der Waals surface area contributed by atoms with Gasteiger partial charge in [0.15, 0.2) is 0 Å². The van der Waals surface area contributed by atoms with E-state index in [2.05, 4.69) is 45.0 Å². The molecular weight excluding hydrogens is 208 g/mol. The Morgan fingerprint density at radius 2 is 1.76 bits per heavy atom. The highest BCUT2D eigenvalue weighted by Crippen LogP contribution is 2.37. The molecule has 0 radical (unpaired) electrons. The Morgan fingerprint density at radius 3 is 2.18 bits per heavy atom. The highest BCUT2D eigenvalue weighted by atomic mass is 16.3. The molecule has 1 saturated carbocycles. The van der Waals surface area contributed by atoms with Crippen molar-refractivity contribution in [2.24, 2.45) is 5.41 Å². The van der Waals surface area contributed by atoms with Crippen LogP contribution in [0.4, 0.5) is 0 Å². The van der Waals surface area contributed by atoms with Crippen LogP contribution in [0.25, 0.3) is 0 Å². The highest BCUT2D eigenvalue weighted by molar-refractivity contribution is 5.27. The van der Waals surface area contributed by atoms with Crippen LogP contribution in [0, 0.1) is 5.41 Å². The van der Waals surface area contributed by atoms with E-state index in [0.29, 0.717) is 0 Å². The van der Waals surface area contributed by atoms with Crippen LogP contribution in [-0.4, -0.2) is 5.11 Å². The van der Waals surface area contributed by atoms with Crippen molar-refractivity contribution in [3.63, 3.8) is 0 Å². The fourth-order valence-electron chi connectivity index (χ4n) is 2.43. The van der Waals surface area contributed by atoms with Crippen molar-refractivity contribution in [3.05, 3.63) is 35.4 Å². The lowest BCUT2D eigenvalue weighted by atomic mass is 9.79. The summed E-state index contributed by atoms with van der Waals surface area (Å²) in [4.78, 5) is 0. The Labute approximate surface area is 105 Å². The first-order valence-electron chi connectivity index (χ1n) is 6.74. The summed E-state index contributed by atoms with van der Waals surface area (Å²) in [7, 11) is 0. The maximum Gasteiger partial charge on any atom is 0.0795 e. The minimum absolute atomic E-state index is 0.173. The van der Waals surface area contributed by atoms with Gasteiger partial charge in [0.2, 0.25) is 0 Å². The Hall–Kier alpha value is -0.820. The zero-order valence-corrected chi connectivity index (χ0v) is 11.2. The van der Waals surface area contributed by atoms with Crippen molar-refractivity contribution in [2.45, 2.75) is 58.5 Å². The maximum absolute atomic E-state index is 10.2. The largest absolute Gasteiger partial charge is 0.388 e. The van der Waals surface area contributed by atoms with Crippen molar-refractivity contribution < 1.29 is 5.11 Å². The Morgan fingerprint density at radius 1 is 1.18 bits per heavy atom. The minimum atomic E-state index is -0.328. The third kappa shape index (κ3) is 3.32. The molecule has 1 aromatic carbocycles. The fraction of sp³-hybridized carbons (Fsp3) is 0.625. The van der Waals surface area contributed by atoms with Crippen molar-refractivity contribution in [2.75, 3.05) is 0 Å². The van der Waals surface area contributed by atoms with E-state index in [0.717, 1.165) is 17.9 Å². The van der Waals surface area contributed by atoms with E-state index >= 15 is 0 Å². The monoisotopic (exact) mass is 232 g/mol. The van der Waals surface area contributed by atoms with Crippen molar-refractivity contribution in [3.8, 4) is 0 Å². The van der Waals surface area contributed by atoms with E-state index in [1.54, 1.807) is 0 Å². The van der Waals surface area contributed by atoms with Crippen LogP contribution in [0.3, 0.4) is 0 Å². The SMILES string of the molecule is CC(C)(C)CC(O)c1ccc(C2CCC2)cc1. The van der Waals surface area contributed by atoms with E-state index in [1.807, 2.05) is 0 Å². The second-order valence-corrected chi connectivity index (χ2v) is 6.58. The molecule has 0 aromatic heterocycles. The van der Waals surface area contributed by atoms with Gasteiger partial charge in [-0.3, -0.25) is 0 Å². The van der Waals surface area contributed by atoms with Crippen LogP contribution >= 0.6 is 0 Å². The number of aliphatic hydroxyl groups excluding tert-OH is 1. The lowest BCUT2D eigenvalue weighted by Gasteiger charge is -2.26. The Kier molecular flexibility index (Phi) is 3.58. The zero-order chi connectivity index (χ0) is 12.5. The molecule has 1 nitrogen and oxygen atoms in total. The molecule has 1 atom stereocenters. The summed E-state index contributed by atoms with van der Waals surface area (Å²) in [5, 5.41) is 10.2. The first kappa shape index (κ1) is 12.6. The van der Waals surface area contributed by atoms with Crippen LogP contribution in [0.5, 0.6) is 0 Å². The summed E-state index contributed by atoms with van der Waals surface area (Å²) >= 11 is 0. The van der Waals surface area contributed by atoms with Gasteiger partial charge in [-0.05, 0) is 41.7 Å². The third-order valence-electron chi connectivity index (χ3n) is 3.70. The molecule has 0 bridgehead atoms. The summed E-state index contributed by atoms with van der Waals surface area (Å²) in [6.07, 6.45) is 4.54. The summed E-state index contributed by atoms with van der Waals surface area (Å²) in [6, 6.07) is 8.60. The summed E-state index contributed by atoms with van der Waals surface area (Å²) in [6.45, 7) is 6.50. The number of rotatable bonds is 3. The molecule has 0 saturated heterocycles. The number of aliphatic hydroxyl groups is 1. The normalized spacial score (nSPS) is 18.8. The smallest absolute Gasteiger partial charge is 0.0795 e. The van der Waals surface area contributed by atoms with Crippen molar-refractivity contribution in [1.29, 1.82) is 0 Å². The van der Waals surface area contributed by atoms with Gasteiger partial charge in [0.1, 0.15) is 0 Å². The van der Waals surface area contributed by atoms with Gasteiger partial charge in [0.25, 0.3) is 0 Å². The standard InChI is InChI=1S/C16H24O/c1-16(2,3)11-15(17)14-9-7-13(8-10-14)12-5-4-6-12/h7-10,12,15,17H,4-6,11H2,1-3H3. The van der Waals surface area contributed by atoms with Gasteiger partial charge in [0.05, 0.1) is 6.10 Å². The van der Waals surface area contributed by atoms with E-state index in [9.17, 15) is 5.11 Å². The average molecular weight is 232 g/mol. The molecular formula is C16H24O. The molecule has 0 amide bonds. The van der Waals surface area contributed by atoms with Gasteiger partial charge in [-0.25, -0.2) is 0 Å². The van der Waals surface area contributed by atoms with Gasteiger partial charge in [-0.1, -0.05) is 51.5 Å². The molecule has 1 aromatic rings. The van der Waals surface area contributed by atoms with Crippen LogP contribution in [-0.2, 0) is 0 Å². The second-order valence-electron chi connectivity index (χ2n) is 6.58. The maximum atomic E-state index is 10.2. The van der Waals surface area contributed by atoms with Crippen LogP contribution < -0.4 is 0 Å². The molecule has 17 heavy (non-hydrogen) atoms. The lowest BCUT2D eigenvalue weighted by Crippen LogP contribution is -2.12. The predicted molar refractivity (Wildman–Crippen MR) is 72.1 cm³/mol. The van der Waals surface area contributed by atoms with Crippen molar-refractivity contribution in [1.82, 2.24) is 0 Å². The van der Waals surface area contributed by atoms with Gasteiger partial charge in [-0.2, -0.15) is 0 Å². The van der Waals surface area contributed by atoms with Gasteiger partial charge in [0, 0.05) is 0 Å². The topological polar surface area (TPSA) is 20.2 Å². The molecule has 0 heterocycles. The van der Waals surface area contributed by atoms with Gasteiger partial charge in [-0.15, -0.1) is 0 Å². The van der Waals surface area contributed by atoms with E-state index in [1.165, 1.54) is 24.8 Å². The van der Waals surface area contributed by atoms with Gasteiger partial charge >= 0.3 is 0 Å². The van der Waals surface area contributed by atoms with Gasteiger partial charge < -0.3 is 5.11 Å². The second kappa shape index (κ2) is 4.81. The molecule has 1 fully saturated rings. The lowest BCUT2D eigenvalue weighted by molar-refractivity contribution is 0.122. The van der Waals surface area contributed by atoms with Crippen LogP contribution in [0.15, 0.2) is 24.3 Å². The summed E-state index contributed by atoms with van der Waals surface area (Å²) in [5.41, 5.74) is 2.68. The summed E-state index contributed by atoms with van der Waals surface area (Å²) in [5.74, 6) is 0.781.